The number of amides is 3. The number of hydrogen-bond acceptors (Lipinski definition) is 10. The Bertz CT molecular complexity index is 1750. The van der Waals surface area contributed by atoms with Crippen molar-refractivity contribution in [3.8, 4) is 5.75 Å². The molecule has 1 N–H and O–H groups in total. The van der Waals surface area contributed by atoms with Crippen molar-refractivity contribution in [2.45, 2.75) is 65.5 Å². The van der Waals surface area contributed by atoms with Gasteiger partial charge in [-0.05, 0) is 56.5 Å². The van der Waals surface area contributed by atoms with E-state index in [9.17, 15) is 36.7 Å². The van der Waals surface area contributed by atoms with E-state index in [1.165, 1.54) is 28.9 Å². The highest BCUT2D eigenvalue weighted by molar-refractivity contribution is 6.30. The topological polar surface area (TPSA) is 154 Å². The maximum atomic E-state index is 13.7. The zero-order valence-electron chi connectivity index (χ0n) is 27.8. The molecule has 0 bridgehead atoms. The minimum absolute atomic E-state index is 0.152. The van der Waals surface area contributed by atoms with Crippen LogP contribution in [0.25, 0.3) is 5.65 Å². The van der Waals surface area contributed by atoms with Crippen molar-refractivity contribution in [1.29, 1.82) is 0 Å². The summed E-state index contributed by atoms with van der Waals surface area (Å²) in [5, 5.41) is 6.86. The Morgan fingerprint density at radius 1 is 1.04 bits per heavy atom. The number of rotatable bonds is 9. The highest BCUT2D eigenvalue weighted by atomic mass is 35.5. The number of likely N-dealkylation sites (tertiary alicyclic amines) is 1. The van der Waals surface area contributed by atoms with Crippen molar-refractivity contribution in [2.75, 3.05) is 31.4 Å². The van der Waals surface area contributed by atoms with Gasteiger partial charge in [-0.15, -0.1) is 5.10 Å². The average Bonchev–Trinajstić information content (AvgIpc) is 3.38. The predicted molar refractivity (Wildman–Crippen MR) is 169 cm³/mol. The second kappa shape index (κ2) is 14.5. The van der Waals surface area contributed by atoms with Gasteiger partial charge in [-0.3, -0.25) is 4.79 Å². The highest BCUT2D eigenvalue weighted by Crippen LogP contribution is 2.36. The smallest absolute Gasteiger partial charge is 0.424 e. The molecule has 1 saturated heterocycles. The summed E-state index contributed by atoms with van der Waals surface area (Å²) in [5.41, 5.74) is -2.14. The first-order valence-corrected chi connectivity index (χ1v) is 15.4. The van der Waals surface area contributed by atoms with Crippen molar-refractivity contribution in [2.24, 2.45) is 5.41 Å². The molecule has 2 aromatic heterocycles. The van der Waals surface area contributed by atoms with Crippen LogP contribution in [0.4, 0.5) is 38.8 Å². The van der Waals surface area contributed by atoms with Crippen LogP contribution in [0.15, 0.2) is 36.5 Å². The van der Waals surface area contributed by atoms with Crippen LogP contribution in [0, 0.1) is 5.41 Å². The summed E-state index contributed by atoms with van der Waals surface area (Å²) in [6.07, 6.45) is -6.96. The van der Waals surface area contributed by atoms with Crippen molar-refractivity contribution >= 4 is 52.9 Å². The van der Waals surface area contributed by atoms with E-state index in [2.05, 4.69) is 15.4 Å². The Balaban J connectivity index is 1.65. The number of alkyl carbamates (subject to hydrolysis) is 1. The first kappa shape index (κ1) is 37.9. The maximum absolute atomic E-state index is 13.7. The number of aromatic nitrogens is 3. The Morgan fingerprint density at radius 3 is 2.32 bits per heavy atom. The number of ether oxygens (including phenoxy) is 4. The SMILES string of the molecule is CC(C)(C)OC(=O)NC(C(=O)OCOC(=O)N(c1nc2ccc(Cl)cn2n1)c1ccc(C(=O)N2CC(F)C2)cc1OCC(F)(F)F)C(C)(C)C. The maximum Gasteiger partial charge on any atom is 0.424 e. The fourth-order valence-corrected chi connectivity index (χ4v) is 4.60. The molecule has 0 radical (unpaired) electrons. The quantitative estimate of drug-likeness (QED) is 0.162. The van der Waals surface area contributed by atoms with Gasteiger partial charge in [0.1, 0.15) is 23.6 Å². The second-order valence-electron chi connectivity index (χ2n) is 13.2. The fourth-order valence-electron chi connectivity index (χ4n) is 4.45. The molecule has 1 aliphatic heterocycles. The van der Waals surface area contributed by atoms with Crippen LogP contribution in [-0.2, 0) is 19.0 Å². The third kappa shape index (κ3) is 9.86. The minimum Gasteiger partial charge on any atom is -0.482 e. The fraction of sp³-hybridized carbons (Fsp3) is 0.484. The van der Waals surface area contributed by atoms with Crippen LogP contribution in [-0.4, -0.2) is 94.0 Å². The van der Waals surface area contributed by atoms with Gasteiger partial charge >= 0.3 is 24.3 Å². The zero-order valence-corrected chi connectivity index (χ0v) is 28.6. The first-order chi connectivity index (χ1) is 23.1. The molecule has 3 aromatic rings. The minimum atomic E-state index is -4.83. The molecule has 0 spiro atoms. The van der Waals surface area contributed by atoms with Gasteiger partial charge in [0, 0.05) is 11.8 Å². The molecule has 1 unspecified atom stereocenters. The van der Waals surface area contributed by atoms with Gasteiger partial charge < -0.3 is 29.2 Å². The lowest BCUT2D eigenvalue weighted by atomic mass is 9.87. The molecule has 4 rings (SSSR count). The number of pyridine rings is 1. The summed E-state index contributed by atoms with van der Waals surface area (Å²) < 4.78 is 75.1. The molecule has 14 nitrogen and oxygen atoms in total. The summed E-state index contributed by atoms with van der Waals surface area (Å²) in [4.78, 5) is 58.0. The van der Waals surface area contributed by atoms with Crippen LogP contribution in [0.1, 0.15) is 51.9 Å². The number of nitrogens with zero attached hydrogens (tertiary/aromatic N) is 5. The van der Waals surface area contributed by atoms with Gasteiger partial charge in [-0.25, -0.2) is 28.2 Å². The molecule has 50 heavy (non-hydrogen) atoms. The predicted octanol–water partition coefficient (Wildman–Crippen LogP) is 5.83. The van der Waals surface area contributed by atoms with E-state index in [1.54, 1.807) is 41.5 Å². The van der Waals surface area contributed by atoms with Gasteiger partial charge in [0.15, 0.2) is 12.3 Å². The molecule has 3 heterocycles. The van der Waals surface area contributed by atoms with Gasteiger partial charge in [0.05, 0.1) is 23.8 Å². The summed E-state index contributed by atoms with van der Waals surface area (Å²) in [5.74, 6) is -2.72. The highest BCUT2D eigenvalue weighted by Gasteiger charge is 2.37. The zero-order chi connectivity index (χ0) is 37.2. The molecule has 0 saturated carbocycles. The number of fused-ring (bicyclic) bond motifs is 1. The van der Waals surface area contributed by atoms with E-state index >= 15 is 0 Å². The van der Waals surface area contributed by atoms with Gasteiger partial charge in [0.2, 0.25) is 6.79 Å². The number of benzene rings is 1. The van der Waals surface area contributed by atoms with E-state index < -0.39 is 84.3 Å². The van der Waals surface area contributed by atoms with E-state index in [-0.39, 0.29) is 29.3 Å². The van der Waals surface area contributed by atoms with Crippen molar-refractivity contribution in [3.63, 3.8) is 0 Å². The molecule has 1 aliphatic rings. The van der Waals surface area contributed by atoms with Gasteiger partial charge in [-0.2, -0.15) is 18.2 Å². The number of esters is 1. The van der Waals surface area contributed by atoms with E-state index in [1.807, 2.05) is 0 Å². The molecule has 272 valence electrons. The third-order valence-electron chi connectivity index (χ3n) is 6.78. The molecule has 0 aliphatic carbocycles. The summed E-state index contributed by atoms with van der Waals surface area (Å²) >= 11 is 6.05. The average molecular weight is 731 g/mol. The van der Waals surface area contributed by atoms with Crippen LogP contribution in [0.2, 0.25) is 5.02 Å². The van der Waals surface area contributed by atoms with Crippen LogP contribution in [0.5, 0.6) is 5.75 Å². The summed E-state index contributed by atoms with van der Waals surface area (Å²) in [6, 6.07) is 4.90. The molecule has 1 fully saturated rings. The molecule has 1 aromatic carbocycles. The summed E-state index contributed by atoms with van der Waals surface area (Å²) in [7, 11) is 0. The van der Waals surface area contributed by atoms with Gasteiger partial charge in [0.25, 0.3) is 11.9 Å². The molecular formula is C31H35ClF4N6O8. The second-order valence-corrected chi connectivity index (χ2v) is 13.7. The Labute approximate surface area is 288 Å². The monoisotopic (exact) mass is 730 g/mol. The van der Waals surface area contributed by atoms with Gasteiger partial charge in [-0.1, -0.05) is 32.4 Å². The lowest BCUT2D eigenvalue weighted by molar-refractivity contribution is -0.157. The number of carbonyl (C=O) groups excluding carboxylic acids is 4. The lowest BCUT2D eigenvalue weighted by Crippen LogP contribution is -2.51. The normalized spacial score (nSPS) is 14.4. The van der Waals surface area contributed by atoms with Crippen molar-refractivity contribution < 1.29 is 55.7 Å². The lowest BCUT2D eigenvalue weighted by Gasteiger charge is -2.34. The number of anilines is 2. The number of nitrogens with one attached hydrogen (secondary N) is 1. The number of halogens is 5. The first-order valence-electron chi connectivity index (χ1n) is 15.0. The van der Waals surface area contributed by atoms with E-state index in [4.69, 9.17) is 30.5 Å². The van der Waals surface area contributed by atoms with E-state index in [0.29, 0.717) is 4.90 Å². The Morgan fingerprint density at radius 2 is 1.72 bits per heavy atom. The summed E-state index contributed by atoms with van der Waals surface area (Å²) in [6.45, 7) is 6.57. The van der Waals surface area contributed by atoms with Crippen molar-refractivity contribution in [1.82, 2.24) is 24.8 Å². The molecule has 1 atom stereocenters. The Hall–Kier alpha value is -4.87. The van der Waals surface area contributed by atoms with Crippen LogP contribution < -0.4 is 15.0 Å². The van der Waals surface area contributed by atoms with Crippen LogP contribution in [0.3, 0.4) is 0 Å². The standard InChI is InChI=1S/C31H35ClF4N6O8/c1-29(2,3)23(38-27(45)50-30(4,5)6)25(44)48-16-49-28(46)42(26-37-22-10-8-18(32)12-41(22)39-26)20-9-7-17(24(43)40-13-19(33)14-40)11-21(20)47-15-31(34,35)36/h7-12,19,23H,13-16H2,1-6H3,(H,38,45). The Kier molecular flexibility index (Phi) is 11.0. The number of carbonyl (C=O) groups is 4. The number of hydrogen-bond donors (Lipinski definition) is 1. The molecular weight excluding hydrogens is 696 g/mol. The number of alkyl halides is 4. The third-order valence-corrected chi connectivity index (χ3v) is 7.00. The van der Waals surface area contributed by atoms with Crippen LogP contribution >= 0.6 is 11.6 Å². The van der Waals surface area contributed by atoms with Crippen molar-refractivity contribution in [3.05, 3.63) is 47.1 Å². The molecule has 3 amide bonds. The van der Waals surface area contributed by atoms with E-state index in [0.717, 1.165) is 17.0 Å². The largest absolute Gasteiger partial charge is 0.482 e. The molecule has 19 heteroatoms.